The maximum absolute atomic E-state index is 11.4. The molecule has 0 aromatic carbocycles. The molecule has 0 spiro atoms. The molecule has 0 bridgehead atoms. The molecule has 0 aromatic rings. The number of amides is 1. The van der Waals surface area contributed by atoms with Crippen molar-refractivity contribution >= 4 is 23.6 Å². The highest BCUT2D eigenvalue weighted by Gasteiger charge is 2.18. The van der Waals surface area contributed by atoms with Gasteiger partial charge in [-0.3, -0.25) is 9.59 Å². The molecule has 0 rings (SSSR count). The van der Waals surface area contributed by atoms with E-state index in [-0.39, 0.29) is 17.7 Å². The van der Waals surface area contributed by atoms with Gasteiger partial charge in [-0.25, -0.2) is 4.31 Å². The Labute approximate surface area is 102 Å². The Morgan fingerprint density at radius 3 is 2.38 bits per heavy atom. The molecule has 0 radical (unpaired) electrons. The summed E-state index contributed by atoms with van der Waals surface area (Å²) in [4.78, 5) is 22.0. The summed E-state index contributed by atoms with van der Waals surface area (Å²) in [7, 11) is 1.94. The summed E-state index contributed by atoms with van der Waals surface area (Å²) < 4.78 is 1.99. The van der Waals surface area contributed by atoms with Crippen LogP contribution in [-0.4, -0.2) is 41.9 Å². The van der Waals surface area contributed by atoms with Crippen molar-refractivity contribution in [3.8, 4) is 0 Å². The van der Waals surface area contributed by atoms with Crippen LogP contribution in [0.3, 0.4) is 0 Å². The fourth-order valence-electron chi connectivity index (χ4n) is 1.50. The largest absolute Gasteiger partial charge is 0.356 e. The molecular formula is C11H22N2O2S. The summed E-state index contributed by atoms with van der Waals surface area (Å²) in [6, 6.07) is -0.00710. The molecule has 0 fully saturated rings. The number of carbonyl (C=O) groups excluding carboxylic acids is 2. The zero-order chi connectivity index (χ0) is 12.6. The van der Waals surface area contributed by atoms with E-state index in [0.717, 1.165) is 19.3 Å². The zero-order valence-electron chi connectivity index (χ0n) is 10.6. The highest BCUT2D eigenvalue weighted by Crippen LogP contribution is 2.14. The summed E-state index contributed by atoms with van der Waals surface area (Å²) >= 11 is 1.57. The average molecular weight is 246 g/mol. The molecule has 0 aromatic heterocycles. The van der Waals surface area contributed by atoms with E-state index in [0.29, 0.717) is 6.54 Å². The van der Waals surface area contributed by atoms with Gasteiger partial charge in [0.25, 0.3) is 0 Å². The van der Waals surface area contributed by atoms with Crippen molar-refractivity contribution in [2.75, 3.05) is 19.8 Å². The van der Waals surface area contributed by atoms with E-state index < -0.39 is 0 Å². The Hall–Kier alpha value is -0.550. The molecule has 0 aliphatic heterocycles. The van der Waals surface area contributed by atoms with Gasteiger partial charge >= 0.3 is 0 Å². The van der Waals surface area contributed by atoms with Gasteiger partial charge in [0.1, 0.15) is 5.78 Å². The smallest absolute Gasteiger partial charge is 0.216 e. The molecule has 16 heavy (non-hydrogen) atoms. The number of unbranched alkanes of at least 4 members (excludes halogenated alkanes) is 1. The molecule has 1 atom stereocenters. The third-order valence-electron chi connectivity index (χ3n) is 2.47. The van der Waals surface area contributed by atoms with E-state index in [2.05, 4.69) is 5.32 Å². The molecule has 1 unspecified atom stereocenters. The number of carbonyl (C=O) groups is 2. The third-order valence-corrected chi connectivity index (χ3v) is 3.30. The molecule has 0 aliphatic rings. The molecular weight excluding hydrogens is 224 g/mol. The van der Waals surface area contributed by atoms with E-state index in [9.17, 15) is 9.59 Å². The van der Waals surface area contributed by atoms with Gasteiger partial charge in [0, 0.05) is 13.5 Å². The molecule has 0 aliphatic carbocycles. The Kier molecular flexibility index (Phi) is 8.29. The highest BCUT2D eigenvalue weighted by molar-refractivity contribution is 7.96. The fourth-order valence-corrected chi connectivity index (χ4v) is 2.00. The lowest BCUT2D eigenvalue weighted by atomic mass is 10.1. The molecule has 94 valence electrons. The number of hydrogen-bond acceptors (Lipinski definition) is 4. The van der Waals surface area contributed by atoms with Gasteiger partial charge in [-0.05, 0) is 39.5 Å². The Balaban J connectivity index is 3.77. The molecule has 1 N–H and O–H groups in total. The monoisotopic (exact) mass is 246 g/mol. The van der Waals surface area contributed by atoms with Crippen LogP contribution in [0, 0.1) is 0 Å². The van der Waals surface area contributed by atoms with Crippen molar-refractivity contribution in [3.63, 3.8) is 0 Å². The molecule has 0 saturated carbocycles. The summed E-state index contributed by atoms with van der Waals surface area (Å²) in [5, 5.41) is 2.75. The number of likely N-dealkylation sites (N-methyl/N-ethyl adjacent to an activating group) is 1. The van der Waals surface area contributed by atoms with Crippen LogP contribution in [0.15, 0.2) is 0 Å². The second-order valence-corrected chi connectivity index (χ2v) is 4.78. The van der Waals surface area contributed by atoms with Gasteiger partial charge in [-0.15, -0.1) is 0 Å². The molecule has 0 saturated heterocycles. The Morgan fingerprint density at radius 1 is 1.31 bits per heavy atom. The van der Waals surface area contributed by atoms with Crippen LogP contribution in [0.4, 0.5) is 0 Å². The quantitative estimate of drug-likeness (QED) is 0.520. The van der Waals surface area contributed by atoms with E-state index >= 15 is 0 Å². The predicted molar refractivity (Wildman–Crippen MR) is 68.3 cm³/mol. The lowest BCUT2D eigenvalue weighted by Gasteiger charge is -2.23. The topological polar surface area (TPSA) is 49.4 Å². The van der Waals surface area contributed by atoms with Crippen LogP contribution >= 0.6 is 11.9 Å². The normalized spacial score (nSPS) is 12.6. The van der Waals surface area contributed by atoms with Gasteiger partial charge in [0.05, 0.1) is 6.04 Å². The molecule has 4 nitrogen and oxygen atoms in total. The van der Waals surface area contributed by atoms with Gasteiger partial charge in [0.15, 0.2) is 0 Å². The molecule has 1 amide bonds. The number of hydrogen-bond donors (Lipinski definition) is 1. The second-order valence-electron chi connectivity index (χ2n) is 3.83. The maximum Gasteiger partial charge on any atom is 0.216 e. The molecule has 0 heterocycles. The van der Waals surface area contributed by atoms with E-state index in [1.165, 1.54) is 6.92 Å². The van der Waals surface area contributed by atoms with Crippen LogP contribution in [0.25, 0.3) is 0 Å². The number of ketones is 1. The van der Waals surface area contributed by atoms with Crippen molar-refractivity contribution in [2.45, 2.75) is 39.2 Å². The number of rotatable bonds is 8. The summed E-state index contributed by atoms with van der Waals surface area (Å²) in [5.74, 6) is 0.209. The van der Waals surface area contributed by atoms with Crippen molar-refractivity contribution in [1.82, 2.24) is 9.62 Å². The lowest BCUT2D eigenvalue weighted by Crippen LogP contribution is -2.32. The minimum atomic E-state index is -0.00710. The fraction of sp³-hybridized carbons (Fsp3) is 0.818. The number of nitrogens with zero attached hydrogens (tertiary/aromatic N) is 1. The van der Waals surface area contributed by atoms with Crippen LogP contribution in [0.5, 0.6) is 0 Å². The van der Waals surface area contributed by atoms with Crippen LogP contribution in [-0.2, 0) is 9.59 Å². The van der Waals surface area contributed by atoms with Gasteiger partial charge in [-0.1, -0.05) is 11.9 Å². The first-order valence-corrected chi connectivity index (χ1v) is 6.69. The summed E-state index contributed by atoms with van der Waals surface area (Å²) in [6.45, 7) is 3.84. The van der Waals surface area contributed by atoms with E-state index in [1.54, 1.807) is 18.9 Å². The summed E-state index contributed by atoms with van der Waals surface area (Å²) in [6.07, 6.45) is 4.69. The maximum atomic E-state index is 11.4. The van der Waals surface area contributed by atoms with Gasteiger partial charge in [-0.2, -0.15) is 0 Å². The lowest BCUT2D eigenvalue weighted by molar-refractivity contribution is -0.121. The van der Waals surface area contributed by atoms with Crippen LogP contribution < -0.4 is 5.32 Å². The Morgan fingerprint density at radius 2 is 1.94 bits per heavy atom. The zero-order valence-corrected chi connectivity index (χ0v) is 11.4. The standard InChI is InChI=1S/C11H22N2O2S/c1-9(14)11(13(3)16-4)7-5-6-8-12-10(2)15/h11H,5-8H2,1-4H3,(H,12,15). The first-order chi connectivity index (χ1) is 7.49. The number of Topliss-reactive ketones (excluding diaryl/α,β-unsaturated/α-hetero) is 1. The first-order valence-electron chi connectivity index (χ1n) is 5.50. The predicted octanol–water partition coefficient (Wildman–Crippen LogP) is 1.46. The van der Waals surface area contributed by atoms with Crippen molar-refractivity contribution < 1.29 is 9.59 Å². The SMILES string of the molecule is CSN(C)C(CCCCNC(C)=O)C(C)=O. The third kappa shape index (κ3) is 6.85. The summed E-state index contributed by atoms with van der Waals surface area (Å²) in [5.41, 5.74) is 0. The minimum absolute atomic E-state index is 0.00403. The minimum Gasteiger partial charge on any atom is -0.356 e. The molecule has 5 heteroatoms. The van der Waals surface area contributed by atoms with Crippen molar-refractivity contribution in [2.24, 2.45) is 0 Å². The van der Waals surface area contributed by atoms with Gasteiger partial charge < -0.3 is 5.32 Å². The first kappa shape index (κ1) is 15.4. The van der Waals surface area contributed by atoms with Crippen molar-refractivity contribution in [1.29, 1.82) is 0 Å². The Bertz CT molecular complexity index is 234. The van der Waals surface area contributed by atoms with Crippen LogP contribution in [0.1, 0.15) is 33.1 Å². The van der Waals surface area contributed by atoms with E-state index in [4.69, 9.17) is 0 Å². The van der Waals surface area contributed by atoms with Crippen molar-refractivity contribution in [3.05, 3.63) is 0 Å². The van der Waals surface area contributed by atoms with E-state index in [1.807, 2.05) is 17.6 Å². The second kappa shape index (κ2) is 8.58. The van der Waals surface area contributed by atoms with Gasteiger partial charge in [0.2, 0.25) is 5.91 Å². The number of nitrogens with one attached hydrogen (secondary N) is 1. The highest BCUT2D eigenvalue weighted by atomic mass is 32.2. The average Bonchev–Trinajstić information content (AvgIpc) is 2.21. The van der Waals surface area contributed by atoms with Crippen LogP contribution in [0.2, 0.25) is 0 Å².